The van der Waals surface area contributed by atoms with Crippen LogP contribution in [-0.4, -0.2) is 54.8 Å². The summed E-state index contributed by atoms with van der Waals surface area (Å²) in [6.07, 6.45) is 0. The minimum atomic E-state index is 0.106. The molecule has 7 nitrogen and oxygen atoms in total. The molecule has 4 N–H and O–H groups in total. The van der Waals surface area contributed by atoms with E-state index in [2.05, 4.69) is 0 Å². The molecule has 80 valence electrons. The van der Waals surface area contributed by atoms with Crippen LogP contribution in [0.3, 0.4) is 0 Å². The van der Waals surface area contributed by atoms with Gasteiger partial charge in [0.2, 0.25) is 0 Å². The van der Waals surface area contributed by atoms with Gasteiger partial charge in [-0.25, -0.2) is 0 Å². The van der Waals surface area contributed by atoms with Gasteiger partial charge >= 0.3 is 0 Å². The highest BCUT2D eigenvalue weighted by atomic mass is 16.6. The van der Waals surface area contributed by atoms with Crippen molar-refractivity contribution in [1.82, 2.24) is 0 Å². The van der Waals surface area contributed by atoms with Crippen LogP contribution < -0.4 is 4.90 Å². The normalized spacial score (nSPS) is 9.23. The first kappa shape index (κ1) is 14.7. The summed E-state index contributed by atoms with van der Waals surface area (Å²) in [4.78, 5) is 9.03. The summed E-state index contributed by atoms with van der Waals surface area (Å²) < 4.78 is 0. The monoisotopic (exact) mass is 196 g/mol. The zero-order valence-corrected chi connectivity index (χ0v) is 7.35. The molecule has 0 aliphatic heterocycles. The molecule has 0 unspecified atom stereocenters. The first-order chi connectivity index (χ1) is 6.26. The lowest BCUT2D eigenvalue weighted by Gasteiger charge is -2.15. The van der Waals surface area contributed by atoms with Crippen molar-refractivity contribution in [3.05, 3.63) is 10.1 Å². The number of rotatable bonds is 6. The summed E-state index contributed by atoms with van der Waals surface area (Å²) in [6.45, 7) is 2.11. The Morgan fingerprint density at radius 2 is 1.23 bits per heavy atom. The summed E-state index contributed by atoms with van der Waals surface area (Å²) >= 11 is 0. The van der Waals surface area contributed by atoms with Gasteiger partial charge < -0.3 is 30.3 Å². The molecule has 0 aliphatic carbocycles. The molecular weight excluding hydrogens is 180 g/mol. The van der Waals surface area contributed by atoms with E-state index in [1.807, 2.05) is 0 Å². The molecule has 0 aromatic heterocycles. The topological polar surface area (TPSA) is 118 Å². The van der Waals surface area contributed by atoms with Crippen molar-refractivity contribution in [1.29, 1.82) is 0 Å². The number of nitrogens with zero attached hydrogens (tertiary/aromatic N) is 1. The molecule has 0 fully saturated rings. The highest BCUT2D eigenvalue weighted by Crippen LogP contribution is 1.52. The molecule has 0 spiro atoms. The lowest BCUT2D eigenvalue weighted by Crippen LogP contribution is -3.13. The van der Waals surface area contributed by atoms with Crippen LogP contribution in [0, 0.1) is 10.1 Å². The van der Waals surface area contributed by atoms with Crippen LogP contribution in [0.15, 0.2) is 5.34 Å². The van der Waals surface area contributed by atoms with Crippen molar-refractivity contribution >= 4 is 0 Å². The first-order valence-electron chi connectivity index (χ1n) is 3.87. The largest absolute Gasteiger partial charge is 0.444 e. The second kappa shape index (κ2) is 13.8. The van der Waals surface area contributed by atoms with Gasteiger partial charge in [0.25, 0.3) is 0 Å². The van der Waals surface area contributed by atoms with Crippen LogP contribution in [0.4, 0.5) is 0 Å². The molecular formula is C6H16N2O5. The van der Waals surface area contributed by atoms with Gasteiger partial charge in [0, 0.05) is 0 Å². The number of aliphatic hydroxyl groups is 3. The van der Waals surface area contributed by atoms with Gasteiger partial charge in [-0.2, -0.15) is 0 Å². The predicted octanol–water partition coefficient (Wildman–Crippen LogP) is -2.90. The van der Waals surface area contributed by atoms with Crippen LogP contribution in [0.2, 0.25) is 0 Å². The third-order valence-corrected chi connectivity index (χ3v) is 1.40. The number of quaternary nitrogens is 1. The maximum Gasteiger partial charge on any atom is 0.101 e. The fourth-order valence-electron chi connectivity index (χ4n) is 0.849. The van der Waals surface area contributed by atoms with Crippen LogP contribution in [0.5, 0.6) is 0 Å². The molecule has 0 radical (unpaired) electrons. The number of nitrogens with one attached hydrogen (secondary N) is 1. The zero-order valence-electron chi connectivity index (χ0n) is 7.35. The van der Waals surface area contributed by atoms with Crippen molar-refractivity contribution in [2.45, 2.75) is 0 Å². The minimum Gasteiger partial charge on any atom is -0.444 e. The smallest absolute Gasteiger partial charge is 0.101 e. The third kappa shape index (κ3) is 14.1. The second-order valence-corrected chi connectivity index (χ2v) is 2.25. The Balaban J connectivity index is 0. The third-order valence-electron chi connectivity index (χ3n) is 1.40. The van der Waals surface area contributed by atoms with E-state index in [0.29, 0.717) is 19.6 Å². The summed E-state index contributed by atoms with van der Waals surface area (Å²) in [6, 6.07) is 0. The molecule has 0 aliphatic rings. The predicted molar refractivity (Wildman–Crippen MR) is 46.0 cm³/mol. The van der Waals surface area contributed by atoms with Gasteiger partial charge in [0.05, 0.1) is 19.8 Å². The Hall–Kier alpha value is -0.760. The Morgan fingerprint density at radius 1 is 1.00 bits per heavy atom. The molecule has 13 heavy (non-hydrogen) atoms. The quantitative estimate of drug-likeness (QED) is 0.268. The van der Waals surface area contributed by atoms with Gasteiger partial charge in [0.1, 0.15) is 19.6 Å². The summed E-state index contributed by atoms with van der Waals surface area (Å²) in [7, 11) is 0. The fraction of sp³-hybridized carbons (Fsp3) is 1.00. The van der Waals surface area contributed by atoms with E-state index in [1.54, 1.807) is 0 Å². The van der Waals surface area contributed by atoms with E-state index in [-0.39, 0.29) is 19.8 Å². The molecule has 0 rings (SSSR count). The highest BCUT2D eigenvalue weighted by molar-refractivity contribution is 4.28. The molecule has 0 atom stereocenters. The van der Waals surface area contributed by atoms with Crippen LogP contribution in [0.1, 0.15) is 0 Å². The van der Waals surface area contributed by atoms with Gasteiger partial charge in [-0.1, -0.05) is 0 Å². The van der Waals surface area contributed by atoms with Crippen molar-refractivity contribution in [2.24, 2.45) is 5.34 Å². The average molecular weight is 196 g/mol. The summed E-state index contributed by atoms with van der Waals surface area (Å²) in [5, 5.41) is 34.5. The van der Waals surface area contributed by atoms with Gasteiger partial charge in [-0.3, -0.25) is 0 Å². The maximum absolute atomic E-state index is 8.51. The Labute approximate surface area is 76.2 Å². The van der Waals surface area contributed by atoms with Crippen LogP contribution >= 0.6 is 0 Å². The first-order valence-corrected chi connectivity index (χ1v) is 3.87. The number of aliphatic hydroxyl groups excluding tert-OH is 3. The molecule has 0 heterocycles. The van der Waals surface area contributed by atoms with Crippen molar-refractivity contribution < 1.29 is 20.2 Å². The summed E-state index contributed by atoms with van der Waals surface area (Å²) in [5.41, 5.74) is 0. The Kier molecular flexibility index (Phi) is 15.7. The van der Waals surface area contributed by atoms with E-state index in [0.717, 1.165) is 10.2 Å². The van der Waals surface area contributed by atoms with E-state index >= 15 is 0 Å². The Bertz CT molecular complexity index is 88.8. The van der Waals surface area contributed by atoms with Gasteiger partial charge in [-0.05, 0) is 0 Å². The highest BCUT2D eigenvalue weighted by Gasteiger charge is 2.03. The van der Waals surface area contributed by atoms with E-state index in [1.165, 1.54) is 0 Å². The van der Waals surface area contributed by atoms with E-state index < -0.39 is 0 Å². The molecule has 0 bridgehead atoms. The van der Waals surface area contributed by atoms with Crippen LogP contribution in [-0.2, 0) is 0 Å². The Morgan fingerprint density at radius 3 is 1.38 bits per heavy atom. The SMILES string of the molecule is O=N[O-].OCC[NH+](CCO)CCO. The fourth-order valence-corrected chi connectivity index (χ4v) is 0.849. The van der Waals surface area contributed by atoms with Crippen LogP contribution in [0.25, 0.3) is 0 Å². The lowest BCUT2D eigenvalue weighted by molar-refractivity contribution is -0.901. The van der Waals surface area contributed by atoms with Gasteiger partial charge in [0.15, 0.2) is 0 Å². The average Bonchev–Trinajstić information content (AvgIpc) is 2.07. The van der Waals surface area contributed by atoms with Crippen molar-refractivity contribution in [3.8, 4) is 0 Å². The molecule has 0 saturated heterocycles. The molecule has 0 aromatic rings. The number of hydrogen-bond donors (Lipinski definition) is 4. The molecule has 7 heteroatoms. The molecule has 0 amide bonds. The van der Waals surface area contributed by atoms with Crippen molar-refractivity contribution in [3.63, 3.8) is 0 Å². The summed E-state index contributed by atoms with van der Waals surface area (Å²) in [5.74, 6) is 0. The van der Waals surface area contributed by atoms with E-state index in [4.69, 9.17) is 25.4 Å². The minimum absolute atomic E-state index is 0.106. The number of hydrogen-bond acceptors (Lipinski definition) is 6. The standard InChI is InChI=1S/C6H15NO3.HNO2/c8-4-1-7(2-5-9)3-6-10;2-1-3/h8-10H,1-6H2;(H,2,3). The molecule has 0 aromatic carbocycles. The van der Waals surface area contributed by atoms with Crippen molar-refractivity contribution in [2.75, 3.05) is 39.5 Å². The molecule has 0 saturated carbocycles. The lowest BCUT2D eigenvalue weighted by atomic mass is 10.4. The van der Waals surface area contributed by atoms with Gasteiger partial charge in [-0.15, -0.1) is 5.34 Å². The maximum atomic E-state index is 8.51. The van der Waals surface area contributed by atoms with E-state index in [9.17, 15) is 0 Å². The zero-order chi connectivity index (χ0) is 10.5. The second-order valence-electron chi connectivity index (χ2n) is 2.25.